The van der Waals surface area contributed by atoms with Gasteiger partial charge in [-0.2, -0.15) is 4.39 Å². The second kappa shape index (κ2) is 5.75. The first-order valence-electron chi connectivity index (χ1n) is 5.49. The summed E-state index contributed by atoms with van der Waals surface area (Å²) in [6.45, 7) is 1.88. The monoisotopic (exact) mass is 304 g/mol. The van der Waals surface area contributed by atoms with E-state index in [0.717, 1.165) is 0 Å². The van der Waals surface area contributed by atoms with E-state index in [4.69, 9.17) is 9.84 Å². The normalized spacial score (nSPS) is 20.6. The summed E-state index contributed by atoms with van der Waals surface area (Å²) in [5, 5.41) is 9.01. The summed E-state index contributed by atoms with van der Waals surface area (Å²) >= 11 is 3.25. The van der Waals surface area contributed by atoms with Gasteiger partial charge in [0.05, 0.1) is 19.3 Å². The van der Waals surface area contributed by atoms with E-state index in [2.05, 4.69) is 20.9 Å². The molecular formula is C11H14BrFN2O2. The van der Waals surface area contributed by atoms with Gasteiger partial charge in [-0.15, -0.1) is 0 Å². The fraction of sp³-hybridized carbons (Fsp3) is 0.545. The first-order chi connectivity index (χ1) is 8.20. The fourth-order valence-corrected chi connectivity index (χ4v) is 2.34. The van der Waals surface area contributed by atoms with Crippen molar-refractivity contribution in [1.29, 1.82) is 0 Å². The van der Waals surface area contributed by atoms with Gasteiger partial charge < -0.3 is 14.7 Å². The summed E-state index contributed by atoms with van der Waals surface area (Å²) in [5.74, 6) is 0.0715. The van der Waals surface area contributed by atoms with Gasteiger partial charge >= 0.3 is 0 Å². The minimum atomic E-state index is -0.511. The van der Waals surface area contributed by atoms with E-state index >= 15 is 0 Å². The van der Waals surface area contributed by atoms with Crippen molar-refractivity contribution in [2.24, 2.45) is 0 Å². The lowest BCUT2D eigenvalue weighted by Crippen LogP contribution is -2.46. The minimum absolute atomic E-state index is 0.0509. The van der Waals surface area contributed by atoms with Gasteiger partial charge in [-0.25, -0.2) is 4.98 Å². The highest BCUT2D eigenvalue weighted by atomic mass is 79.9. The number of rotatable bonds is 3. The first kappa shape index (κ1) is 12.7. The summed E-state index contributed by atoms with van der Waals surface area (Å²) in [7, 11) is 0. The fourth-order valence-electron chi connectivity index (χ4n) is 1.94. The van der Waals surface area contributed by atoms with E-state index in [1.807, 2.05) is 4.90 Å². The third kappa shape index (κ3) is 3.14. The number of hydrogen-bond acceptors (Lipinski definition) is 4. The van der Waals surface area contributed by atoms with E-state index in [-0.39, 0.29) is 12.6 Å². The van der Waals surface area contributed by atoms with Crippen LogP contribution in [0.5, 0.6) is 0 Å². The Bertz CT molecular complexity index is 369. The Labute approximate surface area is 108 Å². The van der Waals surface area contributed by atoms with Gasteiger partial charge in [0.15, 0.2) is 0 Å². The zero-order valence-electron chi connectivity index (χ0n) is 9.27. The molecule has 0 bridgehead atoms. The lowest BCUT2D eigenvalue weighted by molar-refractivity contribution is 0.0845. The predicted octanol–water partition coefficient (Wildman–Crippen LogP) is 1.57. The Morgan fingerprint density at radius 1 is 1.59 bits per heavy atom. The van der Waals surface area contributed by atoms with Gasteiger partial charge in [0.25, 0.3) is 0 Å². The number of hydrogen-bond donors (Lipinski definition) is 1. The highest BCUT2D eigenvalue weighted by Gasteiger charge is 2.24. The quantitative estimate of drug-likeness (QED) is 0.861. The average Bonchev–Trinajstić information content (AvgIpc) is 2.29. The van der Waals surface area contributed by atoms with Crippen LogP contribution in [-0.4, -0.2) is 42.5 Å². The first-order valence-corrected chi connectivity index (χ1v) is 6.28. The largest absolute Gasteiger partial charge is 0.396 e. The van der Waals surface area contributed by atoms with Crippen molar-refractivity contribution in [1.82, 2.24) is 4.98 Å². The molecule has 1 saturated heterocycles. The summed E-state index contributed by atoms with van der Waals surface area (Å²) in [5.41, 5.74) is 0. The second-order valence-electron chi connectivity index (χ2n) is 3.90. The number of pyridine rings is 1. The SMILES string of the molecule is OCCC1COCCN1c1cc(Br)cc(F)n1. The number of aromatic nitrogens is 1. The topological polar surface area (TPSA) is 45.6 Å². The highest BCUT2D eigenvalue weighted by Crippen LogP contribution is 2.23. The molecular weight excluding hydrogens is 291 g/mol. The molecule has 94 valence electrons. The molecule has 1 aromatic rings. The molecule has 4 nitrogen and oxygen atoms in total. The maximum absolute atomic E-state index is 13.2. The van der Waals surface area contributed by atoms with Crippen LogP contribution in [-0.2, 0) is 4.74 Å². The van der Waals surface area contributed by atoms with Crippen LogP contribution in [0, 0.1) is 5.95 Å². The Morgan fingerprint density at radius 2 is 2.41 bits per heavy atom. The zero-order chi connectivity index (χ0) is 12.3. The number of nitrogens with zero attached hydrogens (tertiary/aromatic N) is 2. The van der Waals surface area contributed by atoms with E-state index in [1.54, 1.807) is 6.07 Å². The summed E-state index contributed by atoms with van der Waals surface area (Å²) in [6, 6.07) is 3.15. The van der Waals surface area contributed by atoms with Crippen LogP contribution < -0.4 is 4.90 Å². The van der Waals surface area contributed by atoms with Crippen molar-refractivity contribution in [2.75, 3.05) is 31.3 Å². The van der Waals surface area contributed by atoms with Crippen LogP contribution >= 0.6 is 15.9 Å². The van der Waals surface area contributed by atoms with Gasteiger partial charge in [0.2, 0.25) is 5.95 Å². The van der Waals surface area contributed by atoms with Crippen LogP contribution in [0.2, 0.25) is 0 Å². The maximum Gasteiger partial charge on any atom is 0.215 e. The lowest BCUT2D eigenvalue weighted by atomic mass is 10.1. The van der Waals surface area contributed by atoms with Crippen LogP contribution in [0.3, 0.4) is 0 Å². The summed E-state index contributed by atoms with van der Waals surface area (Å²) in [6.07, 6.45) is 0.593. The van der Waals surface area contributed by atoms with E-state index < -0.39 is 5.95 Å². The molecule has 2 heterocycles. The molecule has 0 spiro atoms. The van der Waals surface area contributed by atoms with Gasteiger partial charge in [-0.3, -0.25) is 0 Å². The number of ether oxygens (including phenoxy) is 1. The molecule has 0 aromatic carbocycles. The Morgan fingerprint density at radius 3 is 3.12 bits per heavy atom. The van der Waals surface area contributed by atoms with Crippen LogP contribution in [0.1, 0.15) is 6.42 Å². The maximum atomic E-state index is 13.2. The van der Waals surface area contributed by atoms with E-state index in [0.29, 0.717) is 36.5 Å². The number of aliphatic hydroxyl groups excluding tert-OH is 1. The minimum Gasteiger partial charge on any atom is -0.396 e. The molecule has 17 heavy (non-hydrogen) atoms. The van der Waals surface area contributed by atoms with E-state index in [1.165, 1.54) is 6.07 Å². The summed E-state index contributed by atoms with van der Waals surface area (Å²) in [4.78, 5) is 5.86. The van der Waals surface area contributed by atoms with Crippen molar-refractivity contribution in [3.05, 3.63) is 22.6 Å². The van der Waals surface area contributed by atoms with Crippen molar-refractivity contribution in [2.45, 2.75) is 12.5 Å². The van der Waals surface area contributed by atoms with Crippen LogP contribution in [0.25, 0.3) is 0 Å². The van der Waals surface area contributed by atoms with E-state index in [9.17, 15) is 4.39 Å². The number of aliphatic hydroxyl groups is 1. The average molecular weight is 305 g/mol. The molecule has 2 rings (SSSR count). The third-order valence-electron chi connectivity index (χ3n) is 2.73. The van der Waals surface area contributed by atoms with Crippen molar-refractivity contribution in [3.63, 3.8) is 0 Å². The van der Waals surface area contributed by atoms with Crippen molar-refractivity contribution in [3.8, 4) is 0 Å². The van der Waals surface area contributed by atoms with Crippen molar-refractivity contribution < 1.29 is 14.2 Å². The Hall–Kier alpha value is -0.720. The number of halogens is 2. The highest BCUT2D eigenvalue weighted by molar-refractivity contribution is 9.10. The Balaban J connectivity index is 2.22. The molecule has 0 saturated carbocycles. The van der Waals surface area contributed by atoms with Gasteiger partial charge in [-0.05, 0) is 12.5 Å². The molecule has 1 aliphatic rings. The molecule has 0 radical (unpaired) electrons. The lowest BCUT2D eigenvalue weighted by Gasteiger charge is -2.36. The molecule has 1 aromatic heterocycles. The molecule has 6 heteroatoms. The molecule has 0 aliphatic carbocycles. The Kier molecular flexibility index (Phi) is 4.31. The molecule has 1 atom stereocenters. The molecule has 1 N–H and O–H groups in total. The van der Waals surface area contributed by atoms with Gasteiger partial charge in [-0.1, -0.05) is 15.9 Å². The third-order valence-corrected chi connectivity index (χ3v) is 3.19. The van der Waals surface area contributed by atoms with Gasteiger partial charge in [0, 0.05) is 23.7 Å². The predicted molar refractivity (Wildman–Crippen MR) is 65.6 cm³/mol. The van der Waals surface area contributed by atoms with Gasteiger partial charge in [0.1, 0.15) is 5.82 Å². The van der Waals surface area contributed by atoms with Crippen LogP contribution in [0.4, 0.5) is 10.2 Å². The second-order valence-corrected chi connectivity index (χ2v) is 4.82. The van der Waals surface area contributed by atoms with Crippen molar-refractivity contribution >= 4 is 21.7 Å². The standard InChI is InChI=1S/C11H14BrFN2O2/c12-8-5-10(13)14-11(6-8)15-2-4-17-7-9(15)1-3-16/h5-6,9,16H,1-4,7H2. The summed E-state index contributed by atoms with van der Waals surface area (Å²) < 4.78 is 19.3. The number of morpholine rings is 1. The molecule has 1 unspecified atom stereocenters. The number of anilines is 1. The molecule has 1 fully saturated rings. The molecule has 1 aliphatic heterocycles. The molecule has 0 amide bonds. The zero-order valence-corrected chi connectivity index (χ0v) is 10.9. The smallest absolute Gasteiger partial charge is 0.215 e. The van der Waals surface area contributed by atoms with Crippen LogP contribution in [0.15, 0.2) is 16.6 Å².